The summed E-state index contributed by atoms with van der Waals surface area (Å²) >= 11 is 3.64. The van der Waals surface area contributed by atoms with Gasteiger partial charge in [0.25, 0.3) is 11.8 Å². The molecular weight excluding hydrogens is 516 g/mol. The number of nitrogens with one attached hydrogen (secondary N) is 2. The molecule has 0 aliphatic carbocycles. The highest BCUT2D eigenvalue weighted by Gasteiger charge is 2.23. The maximum Gasteiger partial charge on any atom is 0.319 e. The molecule has 1 aromatic heterocycles. The van der Waals surface area contributed by atoms with Crippen LogP contribution in [0.3, 0.4) is 0 Å². The Balaban J connectivity index is 2.01. The van der Waals surface area contributed by atoms with Gasteiger partial charge in [0.1, 0.15) is 34.9 Å². The van der Waals surface area contributed by atoms with Crippen LogP contribution in [0.25, 0.3) is 0 Å². The van der Waals surface area contributed by atoms with Gasteiger partial charge in [-0.2, -0.15) is 4.37 Å². The Hall–Kier alpha value is -2.84. The van der Waals surface area contributed by atoms with E-state index in [1.54, 1.807) is 0 Å². The van der Waals surface area contributed by atoms with E-state index in [0.717, 1.165) is 12.1 Å². The van der Waals surface area contributed by atoms with Crippen LogP contribution in [0.4, 0.5) is 18.6 Å². The predicted molar refractivity (Wildman–Crippen MR) is 115 cm³/mol. The van der Waals surface area contributed by atoms with Gasteiger partial charge in [0, 0.05) is 25.1 Å². The molecule has 2 rings (SSSR count). The van der Waals surface area contributed by atoms with Gasteiger partial charge in [-0.3, -0.25) is 14.9 Å². The van der Waals surface area contributed by atoms with E-state index in [0.29, 0.717) is 11.5 Å². The number of hydrogen-bond acceptors (Lipinski definition) is 7. The van der Waals surface area contributed by atoms with Gasteiger partial charge in [-0.15, -0.1) is 0 Å². The maximum atomic E-state index is 14.0. The Labute approximate surface area is 194 Å². The fraction of sp³-hybridized carbons (Fsp3) is 0.333. The summed E-state index contributed by atoms with van der Waals surface area (Å²) < 4.78 is 37.2. The van der Waals surface area contributed by atoms with Gasteiger partial charge in [-0.05, 0) is 30.1 Å². The van der Waals surface area contributed by atoms with Crippen molar-refractivity contribution in [3.05, 3.63) is 39.4 Å². The molecule has 4 amide bonds. The normalized spacial score (nSPS) is 11.6. The minimum Gasteiger partial charge on any atom is -0.471 e. The minimum absolute atomic E-state index is 0.0333. The number of aromatic nitrogens is 1. The van der Waals surface area contributed by atoms with Crippen LogP contribution in [-0.2, 0) is 11.4 Å². The molecule has 32 heavy (non-hydrogen) atoms. The van der Waals surface area contributed by atoms with Gasteiger partial charge in [0.05, 0.1) is 5.56 Å². The van der Waals surface area contributed by atoms with Gasteiger partial charge < -0.3 is 25.8 Å². The number of benzene rings is 1. The third-order valence-electron chi connectivity index (χ3n) is 4.02. The highest BCUT2D eigenvalue weighted by molar-refractivity contribution is 9.10. The summed E-state index contributed by atoms with van der Waals surface area (Å²) in [6, 6.07) is 1.35. The number of rotatable bonds is 9. The predicted octanol–water partition coefficient (Wildman–Crippen LogP) is 1.82. The summed E-state index contributed by atoms with van der Waals surface area (Å²) in [5, 5.41) is 14.4. The smallest absolute Gasteiger partial charge is 0.319 e. The molecule has 0 fully saturated rings. The Morgan fingerprint density at radius 2 is 1.94 bits per heavy atom. The average Bonchev–Trinajstić information content (AvgIpc) is 3.08. The van der Waals surface area contributed by atoms with Crippen LogP contribution >= 0.6 is 27.5 Å². The summed E-state index contributed by atoms with van der Waals surface area (Å²) in [7, 11) is 2.97. The summed E-state index contributed by atoms with van der Waals surface area (Å²) in [6.07, 6.45) is -1.32. The fourth-order valence-corrected chi connectivity index (χ4v) is 3.56. The number of hydrogen-bond donors (Lipinski definition) is 4. The van der Waals surface area contributed by atoms with Crippen LogP contribution < -0.4 is 21.1 Å². The van der Waals surface area contributed by atoms with Crippen molar-refractivity contribution < 1.29 is 33.0 Å². The molecule has 0 aliphatic heterocycles. The third-order valence-corrected chi connectivity index (χ3v) is 5.23. The second-order valence-electron chi connectivity index (χ2n) is 6.61. The molecule has 14 heteroatoms. The first-order valence-electron chi connectivity index (χ1n) is 9.01. The van der Waals surface area contributed by atoms with Crippen molar-refractivity contribution in [1.29, 1.82) is 0 Å². The van der Waals surface area contributed by atoms with Crippen molar-refractivity contribution in [3.63, 3.8) is 0 Å². The van der Waals surface area contributed by atoms with E-state index in [2.05, 4.69) is 30.9 Å². The van der Waals surface area contributed by atoms with Crippen LogP contribution in [0.1, 0.15) is 22.3 Å². The van der Waals surface area contributed by atoms with Gasteiger partial charge in [0.15, 0.2) is 0 Å². The van der Waals surface area contributed by atoms with Crippen molar-refractivity contribution in [2.75, 3.05) is 26.0 Å². The number of urea groups is 1. The molecule has 1 unspecified atom stereocenters. The summed E-state index contributed by atoms with van der Waals surface area (Å²) in [5.41, 5.74) is 4.68. The number of likely N-dealkylation sites (N-methyl/N-ethyl adjacent to an activating group) is 1. The summed E-state index contributed by atoms with van der Waals surface area (Å²) in [6.45, 7) is -0.610. The largest absolute Gasteiger partial charge is 0.471 e. The lowest BCUT2D eigenvalue weighted by Gasteiger charge is -2.15. The van der Waals surface area contributed by atoms with E-state index in [4.69, 9.17) is 10.5 Å². The molecule has 0 spiro atoms. The van der Waals surface area contributed by atoms with Crippen molar-refractivity contribution in [2.45, 2.75) is 19.1 Å². The number of primary amides is 1. The van der Waals surface area contributed by atoms with E-state index < -0.39 is 42.2 Å². The van der Waals surface area contributed by atoms with Crippen LogP contribution in [0.5, 0.6) is 5.88 Å². The minimum atomic E-state index is -1.28. The first-order chi connectivity index (χ1) is 15.0. The monoisotopic (exact) mass is 535 g/mol. The quantitative estimate of drug-likeness (QED) is 0.385. The molecule has 0 bridgehead atoms. The molecule has 10 nitrogen and oxygen atoms in total. The van der Waals surface area contributed by atoms with Gasteiger partial charge in [0.2, 0.25) is 5.88 Å². The molecule has 1 heterocycles. The number of carbonyl (C=O) groups excluding carboxylic acids is 3. The Morgan fingerprint density at radius 3 is 2.50 bits per heavy atom. The van der Waals surface area contributed by atoms with E-state index in [-0.39, 0.29) is 39.4 Å². The molecule has 0 saturated carbocycles. The number of nitrogens with two attached hydrogens (primary N) is 1. The van der Waals surface area contributed by atoms with Crippen LogP contribution in [0.2, 0.25) is 0 Å². The van der Waals surface area contributed by atoms with Crippen molar-refractivity contribution in [1.82, 2.24) is 14.6 Å². The second-order valence-corrected chi connectivity index (χ2v) is 8.30. The second kappa shape index (κ2) is 11.2. The molecule has 0 aliphatic rings. The zero-order valence-electron chi connectivity index (χ0n) is 16.9. The number of aliphatic hydroxyl groups excluding tert-OH is 1. The van der Waals surface area contributed by atoms with Crippen molar-refractivity contribution in [2.24, 2.45) is 5.73 Å². The van der Waals surface area contributed by atoms with Crippen LogP contribution in [0.15, 0.2) is 16.6 Å². The maximum absolute atomic E-state index is 14.0. The molecule has 0 radical (unpaired) electrons. The highest BCUT2D eigenvalue weighted by Crippen LogP contribution is 2.31. The first kappa shape index (κ1) is 25.4. The van der Waals surface area contributed by atoms with E-state index in [9.17, 15) is 28.3 Å². The molecule has 0 saturated heterocycles. The van der Waals surface area contributed by atoms with E-state index in [1.165, 1.54) is 19.0 Å². The zero-order valence-corrected chi connectivity index (χ0v) is 19.3. The number of aliphatic hydroxyl groups is 1. The lowest BCUT2D eigenvalue weighted by atomic mass is 10.2. The van der Waals surface area contributed by atoms with E-state index in [1.807, 2.05) is 0 Å². The molecule has 174 valence electrons. The Bertz CT molecular complexity index is 997. The fourth-order valence-electron chi connectivity index (χ4n) is 2.42. The summed E-state index contributed by atoms with van der Waals surface area (Å²) in [5.74, 6) is -3.51. The number of halogens is 3. The third kappa shape index (κ3) is 6.58. The topological polar surface area (TPSA) is 147 Å². The number of amides is 4. The van der Waals surface area contributed by atoms with Crippen molar-refractivity contribution in [3.8, 4) is 5.88 Å². The lowest BCUT2D eigenvalue weighted by Crippen LogP contribution is -2.37. The van der Waals surface area contributed by atoms with Gasteiger partial charge >= 0.3 is 6.03 Å². The molecule has 5 N–H and O–H groups in total. The number of anilines is 1. The molecule has 2 aromatic rings. The molecular formula is C18H20BrF2N5O5S. The molecule has 1 atom stereocenters. The number of carbonyl (C=O) groups is 3. The van der Waals surface area contributed by atoms with Crippen molar-refractivity contribution >= 4 is 50.3 Å². The van der Waals surface area contributed by atoms with E-state index >= 15 is 0 Å². The Kier molecular flexibility index (Phi) is 8.86. The lowest BCUT2D eigenvalue weighted by molar-refractivity contribution is -0.137. The van der Waals surface area contributed by atoms with Crippen LogP contribution in [0, 0.1) is 11.6 Å². The van der Waals surface area contributed by atoms with Crippen LogP contribution in [-0.4, -0.2) is 59.0 Å². The standard InChI is InChI=1S/C18H20BrF2N5O5S/c1-26(2)17(29)12(27)3-4-23-18(30)24-16-13(14(22)28)15(25-32-16)31-7-9-10(20)5-8(19)6-11(9)21/h5-6,12,27H,3-4,7H2,1-2H3,(H2,22,28)(H2,23,24,30). The average molecular weight is 536 g/mol. The summed E-state index contributed by atoms with van der Waals surface area (Å²) in [4.78, 5) is 36.7. The van der Waals surface area contributed by atoms with Gasteiger partial charge in [-0.1, -0.05) is 15.9 Å². The number of ether oxygens (including phenoxy) is 1. The number of nitrogens with zero attached hydrogens (tertiary/aromatic N) is 2. The highest BCUT2D eigenvalue weighted by atomic mass is 79.9. The molecule has 1 aromatic carbocycles. The Morgan fingerprint density at radius 1 is 1.31 bits per heavy atom. The SMILES string of the molecule is CN(C)C(=O)C(O)CCNC(=O)Nc1snc(OCc2c(F)cc(Br)cc2F)c1C(N)=O. The zero-order chi connectivity index (χ0) is 24.0. The van der Waals surface area contributed by atoms with Gasteiger partial charge in [-0.25, -0.2) is 13.6 Å². The first-order valence-corrected chi connectivity index (χ1v) is 10.6.